The van der Waals surface area contributed by atoms with Crippen LogP contribution in [0, 0.1) is 5.82 Å². The lowest BCUT2D eigenvalue weighted by molar-refractivity contribution is 0.631. The summed E-state index contributed by atoms with van der Waals surface area (Å²) in [4.78, 5) is 0. The number of thiophene rings is 1. The summed E-state index contributed by atoms with van der Waals surface area (Å²) in [5.41, 5.74) is 2.43. The minimum atomic E-state index is -0.185. The van der Waals surface area contributed by atoms with Gasteiger partial charge in [-0.3, -0.25) is 0 Å². The average Bonchev–Trinajstić information content (AvgIpc) is 3.25. The van der Waals surface area contributed by atoms with Crippen LogP contribution in [0.15, 0.2) is 103 Å². The molecule has 7 aromatic carbocycles. The Bertz CT molecular complexity index is 2010. The molecular weight excluding hydrogens is 435 g/mol. The molecule has 1 heterocycles. The molecule has 2 heteroatoms. The lowest BCUT2D eigenvalue weighted by Gasteiger charge is -2.13. The van der Waals surface area contributed by atoms with Crippen LogP contribution in [0.4, 0.5) is 4.39 Å². The van der Waals surface area contributed by atoms with Crippen molar-refractivity contribution in [2.45, 2.75) is 0 Å². The van der Waals surface area contributed by atoms with Gasteiger partial charge in [0.25, 0.3) is 0 Å². The summed E-state index contributed by atoms with van der Waals surface area (Å²) in [6.45, 7) is 0. The molecule has 8 rings (SSSR count). The van der Waals surface area contributed by atoms with E-state index in [9.17, 15) is 4.39 Å². The van der Waals surface area contributed by atoms with Gasteiger partial charge in [0.1, 0.15) is 5.82 Å². The number of hydrogen-bond acceptors (Lipinski definition) is 1. The van der Waals surface area contributed by atoms with E-state index < -0.39 is 0 Å². The summed E-state index contributed by atoms with van der Waals surface area (Å²) in [6, 6.07) is 36.1. The lowest BCUT2D eigenvalue weighted by Crippen LogP contribution is -1.87. The highest BCUT2D eigenvalue weighted by atomic mass is 32.1. The first-order valence-electron chi connectivity index (χ1n) is 11.5. The maximum absolute atomic E-state index is 14.1. The zero-order valence-electron chi connectivity index (χ0n) is 18.1. The van der Waals surface area contributed by atoms with Crippen LogP contribution < -0.4 is 0 Å². The molecule has 0 aliphatic heterocycles. The normalized spacial score (nSPS) is 12.3. The molecule has 0 atom stereocenters. The quantitative estimate of drug-likeness (QED) is 0.217. The van der Waals surface area contributed by atoms with E-state index in [-0.39, 0.29) is 5.82 Å². The van der Waals surface area contributed by atoms with Gasteiger partial charge < -0.3 is 0 Å². The largest absolute Gasteiger partial charge is 0.207 e. The highest BCUT2D eigenvalue weighted by Gasteiger charge is 2.13. The molecule has 0 radical (unpaired) electrons. The molecule has 34 heavy (non-hydrogen) atoms. The molecule has 1 aromatic heterocycles. The monoisotopic (exact) mass is 452 g/mol. The molecular formula is C32H17FS. The number of rotatable bonds is 1. The highest BCUT2D eigenvalue weighted by molar-refractivity contribution is 7.26. The first kappa shape index (κ1) is 18.4. The molecule has 8 aromatic rings. The molecule has 0 aliphatic rings. The Morgan fingerprint density at radius 3 is 1.79 bits per heavy atom. The van der Waals surface area contributed by atoms with E-state index in [4.69, 9.17) is 0 Å². The molecule has 158 valence electrons. The minimum absolute atomic E-state index is 0.185. The van der Waals surface area contributed by atoms with Crippen molar-refractivity contribution in [1.29, 1.82) is 0 Å². The average molecular weight is 453 g/mol. The summed E-state index contributed by atoms with van der Waals surface area (Å²) in [6.07, 6.45) is 0. The van der Waals surface area contributed by atoms with Gasteiger partial charge >= 0.3 is 0 Å². The number of halogens is 1. The van der Waals surface area contributed by atoms with Crippen LogP contribution in [0.1, 0.15) is 0 Å². The second-order valence-corrected chi connectivity index (χ2v) is 10.2. The fourth-order valence-corrected chi connectivity index (χ4v) is 6.80. The van der Waals surface area contributed by atoms with Crippen molar-refractivity contribution in [3.05, 3.63) is 109 Å². The van der Waals surface area contributed by atoms with Crippen LogP contribution in [-0.4, -0.2) is 0 Å². The smallest absolute Gasteiger partial charge is 0.124 e. The molecule has 0 saturated carbocycles. The van der Waals surface area contributed by atoms with Gasteiger partial charge in [-0.15, -0.1) is 11.3 Å². The second kappa shape index (κ2) is 6.53. The maximum Gasteiger partial charge on any atom is 0.124 e. The number of fused-ring (bicyclic) bond motifs is 5. The van der Waals surface area contributed by atoms with E-state index in [0.29, 0.717) is 0 Å². The van der Waals surface area contributed by atoms with E-state index in [1.807, 2.05) is 23.5 Å². The van der Waals surface area contributed by atoms with Crippen LogP contribution in [-0.2, 0) is 0 Å². The lowest BCUT2D eigenvalue weighted by atomic mass is 9.91. The third-order valence-corrected chi connectivity index (χ3v) is 8.33. The van der Waals surface area contributed by atoms with Gasteiger partial charge in [0, 0.05) is 20.2 Å². The van der Waals surface area contributed by atoms with E-state index in [1.54, 1.807) is 12.1 Å². The molecule has 0 nitrogen and oxygen atoms in total. The van der Waals surface area contributed by atoms with Gasteiger partial charge in [0.15, 0.2) is 0 Å². The molecule has 0 amide bonds. The van der Waals surface area contributed by atoms with Crippen molar-refractivity contribution in [3.63, 3.8) is 0 Å². The zero-order chi connectivity index (χ0) is 22.4. The predicted molar refractivity (Wildman–Crippen MR) is 146 cm³/mol. The Balaban J connectivity index is 1.42. The van der Waals surface area contributed by atoms with Gasteiger partial charge in [-0.2, -0.15) is 0 Å². The van der Waals surface area contributed by atoms with Crippen molar-refractivity contribution >= 4 is 74.6 Å². The fraction of sp³-hybridized carbons (Fsp3) is 0. The Labute approximate surface area is 198 Å². The molecule has 0 spiro atoms. The van der Waals surface area contributed by atoms with Crippen LogP contribution in [0.5, 0.6) is 0 Å². The summed E-state index contributed by atoms with van der Waals surface area (Å²) in [7, 11) is 0. The zero-order valence-corrected chi connectivity index (χ0v) is 18.9. The Hall–Kier alpha value is -4.01. The number of benzene rings is 7. The van der Waals surface area contributed by atoms with E-state index in [1.165, 1.54) is 58.2 Å². The first-order chi connectivity index (χ1) is 16.7. The first-order valence-corrected chi connectivity index (χ1v) is 12.3. The van der Waals surface area contributed by atoms with Crippen molar-refractivity contribution < 1.29 is 4.39 Å². The third kappa shape index (κ3) is 2.46. The Morgan fingerprint density at radius 1 is 0.441 bits per heavy atom. The Morgan fingerprint density at radius 2 is 1.06 bits per heavy atom. The Kier molecular flexibility index (Phi) is 3.54. The predicted octanol–water partition coefficient (Wildman–Crippen LogP) is 9.91. The molecule has 0 aliphatic carbocycles. The summed E-state index contributed by atoms with van der Waals surface area (Å²) >= 11 is 1.86. The summed E-state index contributed by atoms with van der Waals surface area (Å²) < 4.78 is 16.7. The number of hydrogen-bond donors (Lipinski definition) is 0. The second-order valence-electron chi connectivity index (χ2n) is 9.13. The minimum Gasteiger partial charge on any atom is -0.207 e. The summed E-state index contributed by atoms with van der Waals surface area (Å²) in [5.74, 6) is -0.185. The van der Waals surface area contributed by atoms with Crippen molar-refractivity contribution in [3.8, 4) is 11.1 Å². The van der Waals surface area contributed by atoms with Gasteiger partial charge in [0.2, 0.25) is 0 Å². The van der Waals surface area contributed by atoms with Crippen LogP contribution in [0.3, 0.4) is 0 Å². The molecule has 0 saturated heterocycles. The SMILES string of the molecule is Fc1cc2ccc3cc(-c4ccc5sc6ccc7ccccc7c6c5c4)cc4ccc(c1)c2c34. The van der Waals surface area contributed by atoms with Crippen molar-refractivity contribution in [1.82, 2.24) is 0 Å². The van der Waals surface area contributed by atoms with E-state index >= 15 is 0 Å². The molecule has 0 bridgehead atoms. The summed E-state index contributed by atoms with van der Waals surface area (Å²) in [5, 5.41) is 11.9. The topological polar surface area (TPSA) is 0 Å². The molecule has 0 unspecified atom stereocenters. The van der Waals surface area contributed by atoms with E-state index in [2.05, 4.69) is 78.9 Å². The van der Waals surface area contributed by atoms with Gasteiger partial charge in [-0.05, 0) is 96.7 Å². The molecule has 0 N–H and O–H groups in total. The molecule has 0 fully saturated rings. The third-order valence-electron chi connectivity index (χ3n) is 7.19. The van der Waals surface area contributed by atoms with Gasteiger partial charge in [0.05, 0.1) is 0 Å². The van der Waals surface area contributed by atoms with E-state index in [0.717, 1.165) is 16.2 Å². The fourth-order valence-electron chi connectivity index (χ4n) is 5.69. The van der Waals surface area contributed by atoms with Crippen LogP contribution >= 0.6 is 11.3 Å². The van der Waals surface area contributed by atoms with Gasteiger partial charge in [-0.1, -0.05) is 60.7 Å². The highest BCUT2D eigenvalue weighted by Crippen LogP contribution is 2.42. The van der Waals surface area contributed by atoms with Crippen molar-refractivity contribution in [2.75, 3.05) is 0 Å². The standard InChI is InChI=1S/C32H17FS/c33-25-15-22-7-5-20-13-24(14-21-6-8-23(16-25)31(22)30(20)21)19-10-11-28-27(17-19)32-26-4-2-1-3-18(26)9-12-29(32)34-28/h1-17H. The van der Waals surface area contributed by atoms with Crippen molar-refractivity contribution in [2.24, 2.45) is 0 Å². The van der Waals surface area contributed by atoms with Crippen LogP contribution in [0.2, 0.25) is 0 Å². The van der Waals surface area contributed by atoms with Gasteiger partial charge in [-0.25, -0.2) is 4.39 Å². The maximum atomic E-state index is 14.1. The van der Waals surface area contributed by atoms with Crippen LogP contribution in [0.25, 0.3) is 74.4 Å².